The first-order chi connectivity index (χ1) is 5.72. The molecule has 66 valence electrons. The Labute approximate surface area is 81.9 Å². The van der Waals surface area contributed by atoms with Crippen LogP contribution in [-0.4, -0.2) is 17.1 Å². The smallest absolute Gasteiger partial charge is 0.0715 e. The molecule has 1 nitrogen and oxygen atoms in total. The van der Waals surface area contributed by atoms with Crippen LogP contribution in [-0.2, 0) is 6.42 Å². The number of alkyl halides is 1. The van der Waals surface area contributed by atoms with Gasteiger partial charge in [0.2, 0.25) is 0 Å². The van der Waals surface area contributed by atoms with Crippen LogP contribution in [0.15, 0.2) is 24.3 Å². The van der Waals surface area contributed by atoms with Crippen LogP contribution in [0.3, 0.4) is 0 Å². The van der Waals surface area contributed by atoms with Crippen molar-refractivity contribution in [2.45, 2.75) is 12.5 Å². The highest BCUT2D eigenvalue weighted by Gasteiger charge is 2.03. The molecule has 0 fully saturated rings. The Kier molecular flexibility index (Phi) is 3.86. The highest BCUT2D eigenvalue weighted by molar-refractivity contribution is 6.30. The molecule has 0 amide bonds. The zero-order valence-electron chi connectivity index (χ0n) is 6.50. The average Bonchev–Trinajstić information content (AvgIpc) is 2.04. The van der Waals surface area contributed by atoms with E-state index < -0.39 is 6.10 Å². The maximum Gasteiger partial charge on any atom is 0.0715 e. The van der Waals surface area contributed by atoms with Crippen molar-refractivity contribution >= 4 is 23.2 Å². The third kappa shape index (κ3) is 3.02. The van der Waals surface area contributed by atoms with E-state index in [0.717, 1.165) is 5.56 Å². The zero-order chi connectivity index (χ0) is 8.97. The summed E-state index contributed by atoms with van der Waals surface area (Å²) in [6.45, 7) is 0. The lowest BCUT2D eigenvalue weighted by Crippen LogP contribution is -2.11. The Morgan fingerprint density at radius 3 is 2.75 bits per heavy atom. The Balaban J connectivity index is 2.63. The van der Waals surface area contributed by atoms with E-state index in [-0.39, 0.29) is 5.88 Å². The van der Waals surface area contributed by atoms with Crippen LogP contribution >= 0.6 is 23.2 Å². The molecule has 1 atom stereocenters. The molecule has 1 N–H and O–H groups in total. The molecule has 1 unspecified atom stereocenters. The van der Waals surface area contributed by atoms with Gasteiger partial charge in [0, 0.05) is 10.9 Å². The van der Waals surface area contributed by atoms with Gasteiger partial charge in [-0.3, -0.25) is 0 Å². The van der Waals surface area contributed by atoms with Crippen LogP contribution in [0.1, 0.15) is 5.56 Å². The molecular weight excluding hydrogens is 195 g/mol. The minimum absolute atomic E-state index is 0.256. The summed E-state index contributed by atoms with van der Waals surface area (Å²) in [6, 6.07) is 7.41. The molecule has 3 heteroatoms. The molecule has 1 aromatic carbocycles. The van der Waals surface area contributed by atoms with E-state index in [1.807, 2.05) is 18.2 Å². The molecule has 12 heavy (non-hydrogen) atoms. The van der Waals surface area contributed by atoms with Crippen LogP contribution < -0.4 is 0 Å². The van der Waals surface area contributed by atoms with Crippen molar-refractivity contribution < 1.29 is 5.11 Å². The topological polar surface area (TPSA) is 20.2 Å². The van der Waals surface area contributed by atoms with Crippen molar-refractivity contribution in [1.82, 2.24) is 0 Å². The predicted octanol–water partition coefficient (Wildman–Crippen LogP) is 2.48. The number of halogens is 2. The Bertz CT molecular complexity index is 250. The van der Waals surface area contributed by atoms with Crippen molar-refractivity contribution in [2.24, 2.45) is 0 Å². The molecular formula is C9H10Cl2O. The summed E-state index contributed by atoms with van der Waals surface area (Å²) in [4.78, 5) is 0. The maximum absolute atomic E-state index is 9.23. The standard InChI is InChI=1S/C9H10Cl2O/c10-6-9(12)5-7-2-1-3-8(11)4-7/h1-4,9,12H,5-6H2. The van der Waals surface area contributed by atoms with Gasteiger partial charge in [-0.1, -0.05) is 23.7 Å². The van der Waals surface area contributed by atoms with Crippen molar-refractivity contribution in [3.63, 3.8) is 0 Å². The molecule has 1 rings (SSSR count). The van der Waals surface area contributed by atoms with Gasteiger partial charge in [-0.05, 0) is 24.1 Å². The summed E-state index contributed by atoms with van der Waals surface area (Å²) >= 11 is 11.2. The number of rotatable bonds is 3. The average molecular weight is 205 g/mol. The Hall–Kier alpha value is -0.240. The zero-order valence-corrected chi connectivity index (χ0v) is 8.02. The van der Waals surface area contributed by atoms with Crippen molar-refractivity contribution in [3.05, 3.63) is 34.9 Å². The van der Waals surface area contributed by atoms with E-state index in [9.17, 15) is 5.11 Å². The van der Waals surface area contributed by atoms with Gasteiger partial charge in [0.15, 0.2) is 0 Å². The minimum Gasteiger partial charge on any atom is -0.392 e. The van der Waals surface area contributed by atoms with Crippen molar-refractivity contribution in [3.8, 4) is 0 Å². The Morgan fingerprint density at radius 2 is 2.17 bits per heavy atom. The van der Waals surface area contributed by atoms with E-state index >= 15 is 0 Å². The molecule has 0 aliphatic rings. The number of hydrogen-bond acceptors (Lipinski definition) is 1. The number of hydrogen-bond donors (Lipinski definition) is 1. The lowest BCUT2D eigenvalue weighted by molar-refractivity contribution is 0.199. The summed E-state index contributed by atoms with van der Waals surface area (Å²) in [5.74, 6) is 0.256. The summed E-state index contributed by atoms with van der Waals surface area (Å²) in [6.07, 6.45) is 0.0782. The Morgan fingerprint density at radius 1 is 1.42 bits per heavy atom. The van der Waals surface area contributed by atoms with Crippen LogP contribution in [0.5, 0.6) is 0 Å². The van der Waals surface area contributed by atoms with Crippen molar-refractivity contribution in [1.29, 1.82) is 0 Å². The van der Waals surface area contributed by atoms with E-state index in [1.165, 1.54) is 0 Å². The van der Waals surface area contributed by atoms with Gasteiger partial charge in [-0.2, -0.15) is 0 Å². The van der Waals surface area contributed by atoms with E-state index in [1.54, 1.807) is 6.07 Å². The lowest BCUT2D eigenvalue weighted by Gasteiger charge is -2.06. The number of aliphatic hydroxyl groups excluding tert-OH is 1. The largest absolute Gasteiger partial charge is 0.392 e. The predicted molar refractivity (Wildman–Crippen MR) is 51.9 cm³/mol. The van der Waals surface area contributed by atoms with E-state index in [4.69, 9.17) is 23.2 Å². The molecule has 0 heterocycles. The van der Waals surface area contributed by atoms with Gasteiger partial charge in [-0.25, -0.2) is 0 Å². The van der Waals surface area contributed by atoms with Gasteiger partial charge in [-0.15, -0.1) is 11.6 Å². The SMILES string of the molecule is OC(CCl)Cc1cccc(Cl)c1. The number of aliphatic hydroxyl groups is 1. The van der Waals surface area contributed by atoms with E-state index in [2.05, 4.69) is 0 Å². The lowest BCUT2D eigenvalue weighted by atomic mass is 10.1. The van der Waals surface area contributed by atoms with Crippen LogP contribution in [0.4, 0.5) is 0 Å². The fourth-order valence-electron chi connectivity index (χ4n) is 0.991. The summed E-state index contributed by atoms with van der Waals surface area (Å²) in [5.41, 5.74) is 1.01. The fourth-order valence-corrected chi connectivity index (χ4v) is 1.31. The monoisotopic (exact) mass is 204 g/mol. The van der Waals surface area contributed by atoms with Crippen LogP contribution in [0, 0.1) is 0 Å². The first-order valence-electron chi connectivity index (χ1n) is 3.71. The van der Waals surface area contributed by atoms with Gasteiger partial charge in [0.1, 0.15) is 0 Å². The maximum atomic E-state index is 9.23. The molecule has 0 spiro atoms. The molecule has 0 saturated carbocycles. The minimum atomic E-state index is -0.481. The molecule has 0 radical (unpaired) electrons. The van der Waals surface area contributed by atoms with Gasteiger partial charge in [0.25, 0.3) is 0 Å². The van der Waals surface area contributed by atoms with Crippen LogP contribution in [0.2, 0.25) is 5.02 Å². The second-order valence-electron chi connectivity index (χ2n) is 2.64. The molecule has 0 saturated heterocycles. The first-order valence-corrected chi connectivity index (χ1v) is 4.62. The van der Waals surface area contributed by atoms with Gasteiger partial charge >= 0.3 is 0 Å². The quantitative estimate of drug-likeness (QED) is 0.751. The van der Waals surface area contributed by atoms with Gasteiger partial charge < -0.3 is 5.11 Å². The number of benzene rings is 1. The molecule has 1 aromatic rings. The highest BCUT2D eigenvalue weighted by Crippen LogP contribution is 2.12. The second kappa shape index (κ2) is 4.70. The molecule has 0 aromatic heterocycles. The summed E-state index contributed by atoms with van der Waals surface area (Å²) in [7, 11) is 0. The van der Waals surface area contributed by atoms with E-state index in [0.29, 0.717) is 11.4 Å². The molecule has 0 aliphatic carbocycles. The fraction of sp³-hybridized carbons (Fsp3) is 0.333. The van der Waals surface area contributed by atoms with Crippen LogP contribution in [0.25, 0.3) is 0 Å². The third-order valence-electron chi connectivity index (χ3n) is 1.54. The molecule has 0 bridgehead atoms. The summed E-state index contributed by atoms with van der Waals surface area (Å²) < 4.78 is 0. The molecule has 0 aliphatic heterocycles. The second-order valence-corrected chi connectivity index (χ2v) is 3.39. The summed E-state index contributed by atoms with van der Waals surface area (Å²) in [5, 5.41) is 9.92. The van der Waals surface area contributed by atoms with Gasteiger partial charge in [0.05, 0.1) is 6.10 Å². The van der Waals surface area contributed by atoms with Crippen molar-refractivity contribution in [2.75, 3.05) is 5.88 Å². The first kappa shape index (κ1) is 9.85. The third-order valence-corrected chi connectivity index (χ3v) is 2.13. The highest BCUT2D eigenvalue weighted by atomic mass is 35.5. The normalized spacial score (nSPS) is 12.9.